The Labute approximate surface area is 81.8 Å². The smallest absolute Gasteiger partial charge is 0.166 e. The minimum absolute atomic E-state index is 0.178. The third-order valence-corrected chi connectivity index (χ3v) is 2.40. The maximum absolute atomic E-state index is 12.3. The number of halogens is 3. The van der Waals surface area contributed by atoms with E-state index in [1.807, 2.05) is 13.8 Å². The first kappa shape index (κ1) is 11.1. The molecule has 0 saturated heterocycles. The van der Waals surface area contributed by atoms with Crippen LogP contribution in [0.4, 0.5) is 13.2 Å². The largest absolute Gasteiger partial charge is 0.416 e. The molecule has 14 heavy (non-hydrogen) atoms. The summed E-state index contributed by atoms with van der Waals surface area (Å²) in [5, 5.41) is 0. The molecule has 0 amide bonds. The van der Waals surface area contributed by atoms with E-state index in [0.29, 0.717) is 0 Å². The number of hydrogen-bond donors (Lipinski definition) is 0. The maximum Gasteiger partial charge on any atom is 0.416 e. The fraction of sp³-hybridized carbons (Fsp3) is 0.455. The minimum Gasteiger partial charge on any atom is -0.166 e. The van der Waals surface area contributed by atoms with E-state index in [-0.39, 0.29) is 5.92 Å². The third kappa shape index (κ3) is 2.50. The average Bonchev–Trinajstić information content (AvgIpc) is 2.15. The molecule has 0 heterocycles. The van der Waals surface area contributed by atoms with E-state index in [0.717, 1.165) is 18.1 Å². The second kappa shape index (κ2) is 4.03. The van der Waals surface area contributed by atoms with E-state index in [2.05, 4.69) is 0 Å². The summed E-state index contributed by atoms with van der Waals surface area (Å²) in [6, 6.07) is 5.54. The van der Waals surface area contributed by atoms with Gasteiger partial charge in [-0.1, -0.05) is 32.0 Å². The Bertz CT molecular complexity index is 302. The van der Waals surface area contributed by atoms with Crippen LogP contribution < -0.4 is 0 Å². The third-order valence-electron chi connectivity index (χ3n) is 2.40. The molecule has 1 atom stereocenters. The molecule has 3 heteroatoms. The summed E-state index contributed by atoms with van der Waals surface area (Å²) in [6.07, 6.45) is -3.38. The Morgan fingerprint density at radius 1 is 1.29 bits per heavy atom. The Morgan fingerprint density at radius 3 is 2.43 bits per heavy atom. The van der Waals surface area contributed by atoms with Gasteiger partial charge in [-0.3, -0.25) is 0 Å². The second-order valence-electron chi connectivity index (χ2n) is 3.43. The van der Waals surface area contributed by atoms with Gasteiger partial charge in [0.1, 0.15) is 0 Å². The molecule has 1 rings (SSSR count). The van der Waals surface area contributed by atoms with Crippen LogP contribution in [0, 0.1) is 0 Å². The summed E-state index contributed by atoms with van der Waals surface area (Å²) in [6.45, 7) is 3.89. The van der Waals surface area contributed by atoms with Gasteiger partial charge in [-0.15, -0.1) is 0 Å². The lowest BCUT2D eigenvalue weighted by Gasteiger charge is -2.12. The van der Waals surface area contributed by atoms with Crippen LogP contribution >= 0.6 is 0 Å². The molecule has 0 N–H and O–H groups in total. The topological polar surface area (TPSA) is 0 Å². The van der Waals surface area contributed by atoms with Gasteiger partial charge in [0.2, 0.25) is 0 Å². The highest BCUT2D eigenvalue weighted by Crippen LogP contribution is 2.31. The zero-order valence-electron chi connectivity index (χ0n) is 8.23. The predicted molar refractivity (Wildman–Crippen MR) is 50.2 cm³/mol. The van der Waals surface area contributed by atoms with Crippen molar-refractivity contribution in [3.05, 3.63) is 35.4 Å². The number of alkyl halides is 3. The zero-order valence-corrected chi connectivity index (χ0v) is 8.23. The normalized spacial score (nSPS) is 14.1. The molecule has 0 fully saturated rings. The van der Waals surface area contributed by atoms with Gasteiger partial charge in [-0.25, -0.2) is 0 Å². The molecule has 0 unspecified atom stereocenters. The van der Waals surface area contributed by atoms with Gasteiger partial charge in [0, 0.05) is 0 Å². The van der Waals surface area contributed by atoms with Crippen molar-refractivity contribution in [3.63, 3.8) is 0 Å². The van der Waals surface area contributed by atoms with E-state index in [1.165, 1.54) is 12.1 Å². The van der Waals surface area contributed by atoms with Crippen molar-refractivity contribution in [3.8, 4) is 0 Å². The number of benzene rings is 1. The maximum atomic E-state index is 12.3. The van der Waals surface area contributed by atoms with Crippen molar-refractivity contribution >= 4 is 0 Å². The lowest BCUT2D eigenvalue weighted by molar-refractivity contribution is -0.137. The molecular formula is C11H13F3. The molecule has 0 aliphatic rings. The molecule has 0 aliphatic heterocycles. The van der Waals surface area contributed by atoms with Crippen molar-refractivity contribution in [1.82, 2.24) is 0 Å². The predicted octanol–water partition coefficient (Wildman–Crippen LogP) is 4.22. The molecule has 0 saturated carbocycles. The van der Waals surface area contributed by atoms with Crippen LogP contribution in [-0.4, -0.2) is 0 Å². The number of hydrogen-bond acceptors (Lipinski definition) is 0. The van der Waals surface area contributed by atoms with Crippen molar-refractivity contribution in [1.29, 1.82) is 0 Å². The molecule has 1 aromatic rings. The van der Waals surface area contributed by atoms with Crippen molar-refractivity contribution in [2.24, 2.45) is 0 Å². The lowest BCUT2D eigenvalue weighted by atomic mass is 9.97. The van der Waals surface area contributed by atoms with Gasteiger partial charge in [0.25, 0.3) is 0 Å². The fourth-order valence-corrected chi connectivity index (χ4v) is 1.26. The Balaban J connectivity index is 3.01. The van der Waals surface area contributed by atoms with Crippen LogP contribution in [0.5, 0.6) is 0 Å². The van der Waals surface area contributed by atoms with Gasteiger partial charge < -0.3 is 0 Å². The van der Waals surface area contributed by atoms with Gasteiger partial charge in [-0.2, -0.15) is 13.2 Å². The van der Waals surface area contributed by atoms with Crippen LogP contribution in [-0.2, 0) is 6.18 Å². The lowest BCUT2D eigenvalue weighted by Crippen LogP contribution is -2.05. The van der Waals surface area contributed by atoms with E-state index in [9.17, 15) is 13.2 Å². The Morgan fingerprint density at radius 2 is 1.93 bits per heavy atom. The monoisotopic (exact) mass is 202 g/mol. The standard InChI is InChI=1S/C11H13F3/c1-3-8(2)9-5-4-6-10(7-9)11(12,13)14/h4-8H,3H2,1-2H3/t8-/m0/s1. The molecular weight excluding hydrogens is 189 g/mol. The van der Waals surface area contributed by atoms with E-state index in [1.54, 1.807) is 6.07 Å². The highest BCUT2D eigenvalue weighted by molar-refractivity contribution is 5.27. The Kier molecular flexibility index (Phi) is 3.19. The SMILES string of the molecule is CC[C@H](C)c1cccc(C(F)(F)F)c1. The van der Waals surface area contributed by atoms with Crippen LogP contribution in [0.15, 0.2) is 24.3 Å². The van der Waals surface area contributed by atoms with Crippen molar-refractivity contribution in [2.45, 2.75) is 32.4 Å². The quantitative estimate of drug-likeness (QED) is 0.673. The number of rotatable bonds is 2. The van der Waals surface area contributed by atoms with E-state index < -0.39 is 11.7 Å². The molecule has 0 bridgehead atoms. The van der Waals surface area contributed by atoms with Crippen LogP contribution in [0.1, 0.15) is 37.3 Å². The molecule has 0 radical (unpaired) electrons. The molecule has 0 aromatic heterocycles. The van der Waals surface area contributed by atoms with Gasteiger partial charge in [-0.05, 0) is 24.0 Å². The fourth-order valence-electron chi connectivity index (χ4n) is 1.26. The first-order valence-corrected chi connectivity index (χ1v) is 4.62. The highest BCUT2D eigenvalue weighted by atomic mass is 19.4. The van der Waals surface area contributed by atoms with Gasteiger partial charge in [0.05, 0.1) is 5.56 Å². The summed E-state index contributed by atoms with van der Waals surface area (Å²) in [4.78, 5) is 0. The van der Waals surface area contributed by atoms with Crippen molar-refractivity contribution in [2.75, 3.05) is 0 Å². The van der Waals surface area contributed by atoms with Crippen LogP contribution in [0.25, 0.3) is 0 Å². The summed E-state index contributed by atoms with van der Waals surface area (Å²) < 4.78 is 37.0. The van der Waals surface area contributed by atoms with Crippen molar-refractivity contribution < 1.29 is 13.2 Å². The van der Waals surface area contributed by atoms with Crippen LogP contribution in [0.3, 0.4) is 0 Å². The van der Waals surface area contributed by atoms with E-state index >= 15 is 0 Å². The molecule has 0 aliphatic carbocycles. The van der Waals surface area contributed by atoms with E-state index in [4.69, 9.17) is 0 Å². The summed E-state index contributed by atoms with van der Waals surface area (Å²) in [5.74, 6) is 0.178. The first-order valence-electron chi connectivity index (χ1n) is 4.62. The summed E-state index contributed by atoms with van der Waals surface area (Å²) in [5.41, 5.74) is 0.192. The second-order valence-corrected chi connectivity index (χ2v) is 3.43. The average molecular weight is 202 g/mol. The van der Waals surface area contributed by atoms with Gasteiger partial charge >= 0.3 is 6.18 Å². The first-order chi connectivity index (χ1) is 6.45. The minimum atomic E-state index is -4.23. The van der Waals surface area contributed by atoms with Crippen LogP contribution in [0.2, 0.25) is 0 Å². The molecule has 0 nitrogen and oxygen atoms in total. The molecule has 1 aromatic carbocycles. The summed E-state index contributed by atoms with van der Waals surface area (Å²) in [7, 11) is 0. The highest BCUT2D eigenvalue weighted by Gasteiger charge is 2.30. The Hall–Kier alpha value is -0.990. The molecule has 78 valence electrons. The summed E-state index contributed by atoms with van der Waals surface area (Å²) >= 11 is 0. The molecule has 0 spiro atoms. The zero-order chi connectivity index (χ0) is 10.8. The van der Waals surface area contributed by atoms with Gasteiger partial charge in [0.15, 0.2) is 0 Å².